The van der Waals surface area contributed by atoms with Crippen LogP contribution in [0.2, 0.25) is 0 Å². The number of para-hydroxylation sites is 1. The summed E-state index contributed by atoms with van der Waals surface area (Å²) in [7, 11) is 1.86. The molecule has 0 aliphatic carbocycles. The maximum atomic E-state index is 13.9. The monoisotopic (exact) mass is 275 g/mol. The number of hydrogen-bond acceptors (Lipinski definition) is 2. The van der Waals surface area contributed by atoms with E-state index in [9.17, 15) is 8.78 Å². The first-order valence-electron chi connectivity index (χ1n) is 6.57. The summed E-state index contributed by atoms with van der Waals surface area (Å²) in [5, 5.41) is 3.07. The van der Waals surface area contributed by atoms with Crippen LogP contribution in [0.3, 0.4) is 0 Å². The lowest BCUT2D eigenvalue weighted by Crippen LogP contribution is -2.27. The van der Waals surface area contributed by atoms with E-state index in [0.717, 1.165) is 30.7 Å². The predicted octanol–water partition coefficient (Wildman–Crippen LogP) is 3.15. The van der Waals surface area contributed by atoms with Crippen molar-refractivity contribution in [2.45, 2.75) is 12.5 Å². The van der Waals surface area contributed by atoms with E-state index < -0.39 is 11.6 Å². The van der Waals surface area contributed by atoms with Gasteiger partial charge in [-0.1, -0.05) is 18.2 Å². The zero-order valence-corrected chi connectivity index (χ0v) is 11.1. The summed E-state index contributed by atoms with van der Waals surface area (Å²) in [5.74, 6) is -0.235. The molecule has 0 fully saturated rings. The van der Waals surface area contributed by atoms with Gasteiger partial charge in [-0.2, -0.15) is 0 Å². The Bertz CT molecular complexity index is 642. The summed E-state index contributed by atoms with van der Waals surface area (Å²) < 4.78 is 33.2. The Morgan fingerprint density at radius 1 is 1.20 bits per heavy atom. The van der Waals surface area contributed by atoms with Crippen LogP contribution < -0.4 is 10.1 Å². The fourth-order valence-corrected chi connectivity index (χ4v) is 2.60. The summed E-state index contributed by atoms with van der Waals surface area (Å²) in [4.78, 5) is 0. The Balaban J connectivity index is 2.05. The van der Waals surface area contributed by atoms with Crippen LogP contribution in [0.4, 0.5) is 8.78 Å². The molecule has 0 radical (unpaired) electrons. The van der Waals surface area contributed by atoms with E-state index in [1.54, 1.807) is 6.07 Å². The zero-order valence-electron chi connectivity index (χ0n) is 11.1. The molecular weight excluding hydrogens is 260 g/mol. The van der Waals surface area contributed by atoms with Gasteiger partial charge in [-0.05, 0) is 30.8 Å². The number of benzene rings is 2. The standard InChI is InChI=1S/C16H15F2NO/c1-19-9-12-7-10-3-2-4-13(16(10)20-12)14-8-11(17)5-6-15(14)18/h2-6,8,12,19H,7,9H2,1H3/t12-/m1/s1. The van der Waals surface area contributed by atoms with Crippen molar-refractivity contribution in [1.29, 1.82) is 0 Å². The molecule has 0 bridgehead atoms. The van der Waals surface area contributed by atoms with Crippen LogP contribution in [0.15, 0.2) is 36.4 Å². The Labute approximate surface area is 116 Å². The fraction of sp³-hybridized carbons (Fsp3) is 0.250. The molecule has 1 atom stereocenters. The van der Waals surface area contributed by atoms with E-state index in [2.05, 4.69) is 5.32 Å². The molecule has 3 rings (SSSR count). The molecule has 104 valence electrons. The predicted molar refractivity (Wildman–Crippen MR) is 73.8 cm³/mol. The smallest absolute Gasteiger partial charge is 0.131 e. The Morgan fingerprint density at radius 2 is 2.05 bits per heavy atom. The lowest BCUT2D eigenvalue weighted by atomic mass is 10.00. The molecule has 4 heteroatoms. The van der Waals surface area contributed by atoms with E-state index in [4.69, 9.17) is 4.74 Å². The number of rotatable bonds is 3. The molecule has 1 N–H and O–H groups in total. The Kier molecular flexibility index (Phi) is 3.40. The number of ether oxygens (including phenoxy) is 1. The van der Waals surface area contributed by atoms with Gasteiger partial charge in [-0.3, -0.25) is 0 Å². The first-order valence-corrected chi connectivity index (χ1v) is 6.57. The lowest BCUT2D eigenvalue weighted by molar-refractivity contribution is 0.232. The number of hydrogen-bond donors (Lipinski definition) is 1. The molecule has 0 aromatic heterocycles. The average Bonchev–Trinajstić information content (AvgIpc) is 2.84. The van der Waals surface area contributed by atoms with Crippen LogP contribution in [-0.4, -0.2) is 19.7 Å². The molecule has 2 aromatic carbocycles. The molecule has 20 heavy (non-hydrogen) atoms. The number of halogens is 2. The third-order valence-electron chi connectivity index (χ3n) is 3.48. The highest BCUT2D eigenvalue weighted by Gasteiger charge is 2.26. The van der Waals surface area contributed by atoms with E-state index >= 15 is 0 Å². The second-order valence-corrected chi connectivity index (χ2v) is 4.92. The molecular formula is C16H15F2NO. The van der Waals surface area contributed by atoms with Crippen LogP contribution in [0.25, 0.3) is 11.1 Å². The molecule has 0 saturated carbocycles. The van der Waals surface area contributed by atoms with Crippen LogP contribution in [0, 0.1) is 11.6 Å². The number of nitrogens with one attached hydrogen (secondary N) is 1. The van der Waals surface area contributed by atoms with Gasteiger partial charge in [0.15, 0.2) is 0 Å². The van der Waals surface area contributed by atoms with Crippen molar-refractivity contribution in [2.24, 2.45) is 0 Å². The zero-order chi connectivity index (χ0) is 14.1. The molecule has 0 amide bonds. The molecule has 1 aliphatic rings. The molecule has 0 spiro atoms. The van der Waals surface area contributed by atoms with Gasteiger partial charge in [-0.25, -0.2) is 8.78 Å². The van der Waals surface area contributed by atoms with Crippen molar-refractivity contribution in [1.82, 2.24) is 5.32 Å². The second-order valence-electron chi connectivity index (χ2n) is 4.92. The van der Waals surface area contributed by atoms with Crippen molar-refractivity contribution in [3.8, 4) is 16.9 Å². The van der Waals surface area contributed by atoms with Gasteiger partial charge in [0.1, 0.15) is 23.5 Å². The van der Waals surface area contributed by atoms with Crippen LogP contribution in [0.5, 0.6) is 5.75 Å². The molecule has 2 nitrogen and oxygen atoms in total. The average molecular weight is 275 g/mol. The fourth-order valence-electron chi connectivity index (χ4n) is 2.60. The summed E-state index contributed by atoms with van der Waals surface area (Å²) in [6.45, 7) is 0.722. The first kappa shape index (κ1) is 13.1. The SMILES string of the molecule is CNC[C@H]1Cc2cccc(-c3cc(F)ccc3F)c2O1. The topological polar surface area (TPSA) is 21.3 Å². The maximum absolute atomic E-state index is 13.9. The number of fused-ring (bicyclic) bond motifs is 1. The maximum Gasteiger partial charge on any atom is 0.131 e. The highest BCUT2D eigenvalue weighted by molar-refractivity contribution is 5.73. The number of likely N-dealkylation sites (N-methyl/N-ethyl adjacent to an activating group) is 1. The normalized spacial score (nSPS) is 16.9. The Morgan fingerprint density at radius 3 is 2.85 bits per heavy atom. The lowest BCUT2D eigenvalue weighted by Gasteiger charge is -2.12. The third kappa shape index (κ3) is 2.27. The van der Waals surface area contributed by atoms with Gasteiger partial charge in [-0.15, -0.1) is 0 Å². The van der Waals surface area contributed by atoms with Crippen LogP contribution in [0.1, 0.15) is 5.56 Å². The van der Waals surface area contributed by atoms with Gasteiger partial charge in [0.05, 0.1) is 0 Å². The van der Waals surface area contributed by atoms with Gasteiger partial charge in [0, 0.05) is 24.1 Å². The van der Waals surface area contributed by atoms with E-state index in [0.29, 0.717) is 11.3 Å². The quantitative estimate of drug-likeness (QED) is 0.929. The van der Waals surface area contributed by atoms with Gasteiger partial charge >= 0.3 is 0 Å². The van der Waals surface area contributed by atoms with Gasteiger partial charge in [0.2, 0.25) is 0 Å². The minimum Gasteiger partial charge on any atom is -0.488 e. The molecule has 0 saturated heterocycles. The molecule has 1 aliphatic heterocycles. The first-order chi connectivity index (χ1) is 9.69. The highest BCUT2D eigenvalue weighted by atomic mass is 19.1. The summed E-state index contributed by atoms with van der Waals surface area (Å²) >= 11 is 0. The third-order valence-corrected chi connectivity index (χ3v) is 3.48. The molecule has 0 unspecified atom stereocenters. The molecule has 2 aromatic rings. The van der Waals surface area contributed by atoms with Gasteiger partial charge in [0.25, 0.3) is 0 Å². The van der Waals surface area contributed by atoms with E-state index in [1.165, 1.54) is 6.07 Å². The van der Waals surface area contributed by atoms with Crippen molar-refractivity contribution < 1.29 is 13.5 Å². The highest BCUT2D eigenvalue weighted by Crippen LogP contribution is 2.39. The summed E-state index contributed by atoms with van der Waals surface area (Å²) in [6.07, 6.45) is 0.814. The largest absolute Gasteiger partial charge is 0.488 e. The van der Waals surface area contributed by atoms with Gasteiger partial charge < -0.3 is 10.1 Å². The minimum absolute atomic E-state index is 0.0350. The second kappa shape index (κ2) is 5.21. The Hall–Kier alpha value is -1.94. The van der Waals surface area contributed by atoms with Crippen molar-refractivity contribution >= 4 is 0 Å². The van der Waals surface area contributed by atoms with E-state index in [1.807, 2.05) is 19.2 Å². The van der Waals surface area contributed by atoms with E-state index in [-0.39, 0.29) is 11.7 Å². The van der Waals surface area contributed by atoms with Crippen LogP contribution >= 0.6 is 0 Å². The summed E-state index contributed by atoms with van der Waals surface area (Å²) in [5.41, 5.74) is 1.89. The molecule has 1 heterocycles. The van der Waals surface area contributed by atoms with Crippen molar-refractivity contribution in [3.63, 3.8) is 0 Å². The van der Waals surface area contributed by atoms with Crippen molar-refractivity contribution in [2.75, 3.05) is 13.6 Å². The summed E-state index contributed by atoms with van der Waals surface area (Å²) in [6, 6.07) is 9.05. The van der Waals surface area contributed by atoms with Crippen LogP contribution in [-0.2, 0) is 6.42 Å². The van der Waals surface area contributed by atoms with Crippen molar-refractivity contribution in [3.05, 3.63) is 53.6 Å². The minimum atomic E-state index is -0.455.